The van der Waals surface area contributed by atoms with Gasteiger partial charge >= 0.3 is 0 Å². The van der Waals surface area contributed by atoms with Crippen LogP contribution in [0.3, 0.4) is 0 Å². The van der Waals surface area contributed by atoms with Gasteiger partial charge in [0.05, 0.1) is 0 Å². The third-order valence-corrected chi connectivity index (χ3v) is 20.3. The Morgan fingerprint density at radius 2 is 0.564 bits per heavy atom. The average molecular weight is 1020 g/mol. The van der Waals surface area contributed by atoms with Gasteiger partial charge in [0.2, 0.25) is 0 Å². The van der Waals surface area contributed by atoms with Crippen LogP contribution in [0.2, 0.25) is 0 Å². The van der Waals surface area contributed by atoms with E-state index in [1.807, 2.05) is 22.7 Å². The van der Waals surface area contributed by atoms with E-state index in [1.165, 1.54) is 194 Å². The van der Waals surface area contributed by atoms with Crippen molar-refractivity contribution < 1.29 is 0 Å². The zero-order valence-electron chi connectivity index (χ0n) is 42.8. The Bertz CT molecular complexity index is 5070. The molecule has 0 atom stereocenters. The highest BCUT2D eigenvalue weighted by Crippen LogP contribution is 2.59. The van der Waals surface area contributed by atoms with Gasteiger partial charge in [-0.3, -0.25) is 0 Å². The monoisotopic (exact) mass is 1020 g/mol. The third kappa shape index (κ3) is 5.63. The molecule has 0 bridgehead atoms. The molecule has 0 saturated carbocycles. The largest absolute Gasteiger partial charge is 0.135 e. The summed E-state index contributed by atoms with van der Waals surface area (Å²) in [6, 6.07) is 88.1. The third-order valence-electron chi connectivity index (χ3n) is 17.9. The van der Waals surface area contributed by atoms with E-state index >= 15 is 0 Å². The van der Waals surface area contributed by atoms with Gasteiger partial charge in [-0.05, 0) is 181 Å². The van der Waals surface area contributed by atoms with Crippen molar-refractivity contribution in [3.05, 3.63) is 242 Å². The summed E-state index contributed by atoms with van der Waals surface area (Å²) in [6.45, 7) is 4.56. The van der Waals surface area contributed by atoms with E-state index in [2.05, 4.69) is 244 Å². The van der Waals surface area contributed by atoms with Gasteiger partial charge in [-0.1, -0.05) is 206 Å². The molecule has 78 heavy (non-hydrogen) atoms. The molecule has 0 fully saturated rings. The number of thiophene rings is 2. The first-order valence-corrected chi connectivity index (χ1v) is 28.8. The highest BCUT2D eigenvalue weighted by Gasteiger charge is 2.32. The normalized spacial score (nSPS) is 12.5. The fourth-order valence-corrected chi connectivity index (χ4v) is 16.9. The second kappa shape index (κ2) is 15.7. The van der Waals surface area contributed by atoms with Crippen molar-refractivity contribution >= 4 is 117 Å². The zero-order chi connectivity index (χ0) is 51.1. The van der Waals surface area contributed by atoms with Crippen LogP contribution < -0.4 is 0 Å². The van der Waals surface area contributed by atoms with Crippen molar-refractivity contribution in [1.82, 2.24) is 0 Å². The van der Waals surface area contributed by atoms with Gasteiger partial charge in [0.1, 0.15) is 0 Å². The molecule has 2 heteroatoms. The molecule has 0 amide bonds. The van der Waals surface area contributed by atoms with Gasteiger partial charge in [0.25, 0.3) is 0 Å². The van der Waals surface area contributed by atoms with Crippen molar-refractivity contribution in [3.63, 3.8) is 0 Å². The van der Waals surface area contributed by atoms with E-state index in [-0.39, 0.29) is 0 Å². The second-order valence-corrected chi connectivity index (χ2v) is 23.8. The number of aryl methyl sites for hydroxylation is 2. The molecule has 2 aliphatic rings. The summed E-state index contributed by atoms with van der Waals surface area (Å²) in [5.74, 6) is 0. The fraction of sp³-hybridized carbons (Fsp3) is 0.0263. The quantitative estimate of drug-likeness (QED) is 0.154. The Kier molecular flexibility index (Phi) is 8.66. The van der Waals surface area contributed by atoms with Crippen LogP contribution in [0.1, 0.15) is 11.1 Å². The first kappa shape index (κ1) is 43.0. The SMILES string of the molecule is Cc1ccccc1-c1c2c(cc3c1ccc1c4cc5c(c(-c6ccccc6C)c4ccc31)-c1cccc3c(-c4cccc6c4sc4ccccc46)ccc-5c13)-c1ccc(-c3cccc4c3sc3ccccc34)c3cccc-2c13. The Hall–Kier alpha value is -9.18. The molecule has 0 saturated heterocycles. The molecule has 2 heterocycles. The average Bonchev–Trinajstić information content (AvgIpc) is 4.30. The lowest BCUT2D eigenvalue weighted by Crippen LogP contribution is -1.93. The van der Waals surface area contributed by atoms with Crippen molar-refractivity contribution in [2.75, 3.05) is 0 Å². The van der Waals surface area contributed by atoms with Gasteiger partial charge in [0, 0.05) is 51.5 Å². The first-order chi connectivity index (χ1) is 38.6. The maximum absolute atomic E-state index is 2.55. The van der Waals surface area contributed by atoms with E-state index in [1.54, 1.807) is 0 Å². The molecule has 0 nitrogen and oxygen atoms in total. The number of rotatable bonds is 4. The van der Waals surface area contributed by atoms with Gasteiger partial charge in [-0.2, -0.15) is 0 Å². The van der Waals surface area contributed by atoms with E-state index in [4.69, 9.17) is 0 Å². The summed E-state index contributed by atoms with van der Waals surface area (Å²) in [7, 11) is 0. The van der Waals surface area contributed by atoms with Crippen molar-refractivity contribution in [2.45, 2.75) is 13.8 Å². The molecule has 0 spiro atoms. The lowest BCUT2D eigenvalue weighted by Gasteiger charge is -2.20. The highest BCUT2D eigenvalue weighted by atomic mass is 32.1. The smallest absolute Gasteiger partial charge is 0.0434 e. The lowest BCUT2D eigenvalue weighted by atomic mass is 9.83. The minimum Gasteiger partial charge on any atom is -0.135 e. The number of hydrogen-bond donors (Lipinski definition) is 0. The number of fused-ring (bicyclic) bond motifs is 17. The van der Waals surface area contributed by atoms with E-state index < -0.39 is 0 Å². The van der Waals surface area contributed by atoms with Crippen LogP contribution >= 0.6 is 22.7 Å². The van der Waals surface area contributed by atoms with Crippen molar-refractivity contribution in [1.29, 1.82) is 0 Å². The van der Waals surface area contributed by atoms with Crippen LogP contribution in [0, 0.1) is 13.8 Å². The van der Waals surface area contributed by atoms with Crippen LogP contribution in [0.15, 0.2) is 231 Å². The number of benzene rings is 14. The molecule has 16 aromatic rings. The molecule has 0 radical (unpaired) electrons. The summed E-state index contributed by atoms with van der Waals surface area (Å²) in [4.78, 5) is 0. The zero-order valence-corrected chi connectivity index (χ0v) is 44.4. The molecular formula is C76H44S2. The van der Waals surface area contributed by atoms with E-state index in [9.17, 15) is 0 Å². The fourth-order valence-electron chi connectivity index (χ4n) is 14.5. The molecular weight excluding hydrogens is 977 g/mol. The lowest BCUT2D eigenvalue weighted by molar-refractivity contribution is 1.47. The second-order valence-electron chi connectivity index (χ2n) is 21.7. The summed E-state index contributed by atoms with van der Waals surface area (Å²) < 4.78 is 5.36. The van der Waals surface area contributed by atoms with Gasteiger partial charge in [0.15, 0.2) is 0 Å². The molecule has 0 unspecified atom stereocenters. The molecule has 2 aromatic heterocycles. The van der Waals surface area contributed by atoms with Crippen LogP contribution in [0.4, 0.5) is 0 Å². The summed E-state index contributed by atoms with van der Waals surface area (Å²) in [5, 5.41) is 18.3. The van der Waals surface area contributed by atoms with Gasteiger partial charge in [-0.25, -0.2) is 0 Å². The molecule has 360 valence electrons. The Morgan fingerprint density at radius 3 is 1.03 bits per heavy atom. The first-order valence-electron chi connectivity index (χ1n) is 27.1. The standard InChI is InChI=1S/C76H44S2/c1-41-15-3-5-17-43(41)71-53-35-31-46-45(63(53)39-65-55-37-33-47(51-21-11-27-61(69(51)55)73(65)71)57-23-13-25-59-49-19-7-9-29-67(49)77-75(57)59)32-36-54-64(46)40-66-56-38-34-48(58-24-14-26-60-50-20-8-10-30-68(50)78-76(58)60)52-22-12-28-62(70(52)56)74(66)72(54)44-18-6-4-16-42(44)2/h3-40H,1-2H3. The van der Waals surface area contributed by atoms with Crippen LogP contribution in [0.5, 0.6) is 0 Å². The molecule has 18 rings (SSSR count). The van der Waals surface area contributed by atoms with Crippen LogP contribution in [-0.4, -0.2) is 0 Å². The maximum Gasteiger partial charge on any atom is 0.0434 e. The molecule has 14 aromatic carbocycles. The van der Waals surface area contributed by atoms with Crippen molar-refractivity contribution in [3.8, 4) is 89.0 Å². The predicted octanol–water partition coefficient (Wildman–Crippen LogP) is 22.8. The number of hydrogen-bond acceptors (Lipinski definition) is 2. The summed E-state index contributed by atoms with van der Waals surface area (Å²) in [5.41, 5.74) is 23.5. The van der Waals surface area contributed by atoms with Crippen molar-refractivity contribution in [2.24, 2.45) is 0 Å². The van der Waals surface area contributed by atoms with Gasteiger partial charge in [-0.15, -0.1) is 22.7 Å². The van der Waals surface area contributed by atoms with E-state index in [0.717, 1.165) is 0 Å². The Labute approximate surface area is 458 Å². The minimum absolute atomic E-state index is 1.28. The van der Waals surface area contributed by atoms with Crippen LogP contribution in [0.25, 0.3) is 183 Å². The summed E-state index contributed by atoms with van der Waals surface area (Å²) >= 11 is 3.82. The topological polar surface area (TPSA) is 0 Å². The van der Waals surface area contributed by atoms with Gasteiger partial charge < -0.3 is 0 Å². The van der Waals surface area contributed by atoms with Crippen LogP contribution in [-0.2, 0) is 0 Å². The maximum atomic E-state index is 2.55. The Balaban J connectivity index is 0.899. The molecule has 0 aliphatic heterocycles. The Morgan fingerprint density at radius 1 is 0.205 bits per heavy atom. The predicted molar refractivity (Wildman–Crippen MR) is 340 cm³/mol. The van der Waals surface area contributed by atoms with E-state index in [0.29, 0.717) is 0 Å². The highest BCUT2D eigenvalue weighted by molar-refractivity contribution is 7.26. The minimum atomic E-state index is 1.28. The molecule has 2 aliphatic carbocycles. The molecule has 0 N–H and O–H groups in total. The summed E-state index contributed by atoms with van der Waals surface area (Å²) in [6.07, 6.45) is 0.